The third-order valence-electron chi connectivity index (χ3n) is 3.50. The van der Waals surface area contributed by atoms with Gasteiger partial charge in [0.25, 0.3) is 0 Å². The number of nitrogens with zero attached hydrogens (tertiary/aromatic N) is 2. The number of aryl methyl sites for hydroxylation is 3. The lowest BCUT2D eigenvalue weighted by molar-refractivity contribution is 0.546. The van der Waals surface area contributed by atoms with Gasteiger partial charge in [-0.2, -0.15) is 5.10 Å². The van der Waals surface area contributed by atoms with Gasteiger partial charge in [0.15, 0.2) is 0 Å². The maximum Gasteiger partial charge on any atom is 0.240 e. The van der Waals surface area contributed by atoms with Gasteiger partial charge in [0.2, 0.25) is 10.0 Å². The number of hydrogen-bond donors (Lipinski definition) is 1. The van der Waals surface area contributed by atoms with E-state index in [1.165, 1.54) is 0 Å². The molecule has 7 heteroatoms. The SMILES string of the molecule is Cc1ccc(S(=O)(=O)NCCCn2ncc(Cl)c2C)c(C)c1. The highest BCUT2D eigenvalue weighted by Crippen LogP contribution is 2.16. The van der Waals surface area contributed by atoms with Crippen LogP contribution in [0.4, 0.5) is 0 Å². The molecule has 0 atom stereocenters. The number of aromatic nitrogens is 2. The molecular formula is C15H20ClN3O2S. The van der Waals surface area contributed by atoms with Crippen molar-refractivity contribution in [1.82, 2.24) is 14.5 Å². The van der Waals surface area contributed by atoms with Gasteiger partial charge in [-0.25, -0.2) is 13.1 Å². The first-order valence-corrected chi connectivity index (χ1v) is 8.92. The molecule has 2 rings (SSSR count). The van der Waals surface area contributed by atoms with E-state index in [0.29, 0.717) is 29.4 Å². The third kappa shape index (κ3) is 3.88. The molecule has 0 aliphatic carbocycles. The number of hydrogen-bond acceptors (Lipinski definition) is 3. The summed E-state index contributed by atoms with van der Waals surface area (Å²) in [7, 11) is -3.47. The van der Waals surface area contributed by atoms with E-state index in [4.69, 9.17) is 11.6 Å². The summed E-state index contributed by atoms with van der Waals surface area (Å²) >= 11 is 5.93. The van der Waals surface area contributed by atoms with Gasteiger partial charge in [-0.3, -0.25) is 4.68 Å². The molecule has 2 aromatic rings. The Morgan fingerprint density at radius 1 is 1.27 bits per heavy atom. The first-order valence-electron chi connectivity index (χ1n) is 7.06. The molecule has 1 aromatic carbocycles. The van der Waals surface area contributed by atoms with Gasteiger partial charge in [0, 0.05) is 13.1 Å². The summed E-state index contributed by atoms with van der Waals surface area (Å²) in [6.07, 6.45) is 2.24. The third-order valence-corrected chi connectivity index (χ3v) is 5.49. The van der Waals surface area contributed by atoms with E-state index in [2.05, 4.69) is 9.82 Å². The molecule has 1 N–H and O–H groups in total. The first-order chi connectivity index (χ1) is 10.3. The number of benzene rings is 1. The molecule has 120 valence electrons. The maximum atomic E-state index is 12.3. The monoisotopic (exact) mass is 341 g/mol. The molecule has 0 amide bonds. The topological polar surface area (TPSA) is 64.0 Å². The molecule has 0 aliphatic rings. The van der Waals surface area contributed by atoms with Crippen molar-refractivity contribution in [3.63, 3.8) is 0 Å². The van der Waals surface area contributed by atoms with Crippen LogP contribution in [0, 0.1) is 20.8 Å². The molecule has 0 saturated heterocycles. The van der Waals surface area contributed by atoms with Crippen molar-refractivity contribution in [2.24, 2.45) is 0 Å². The predicted molar refractivity (Wildman–Crippen MR) is 87.7 cm³/mol. The molecular weight excluding hydrogens is 322 g/mol. The molecule has 0 unspecified atom stereocenters. The zero-order valence-electron chi connectivity index (χ0n) is 12.9. The molecule has 0 aliphatic heterocycles. The molecule has 5 nitrogen and oxygen atoms in total. The summed E-state index contributed by atoms with van der Waals surface area (Å²) in [5.74, 6) is 0. The lowest BCUT2D eigenvalue weighted by Gasteiger charge is -2.10. The molecule has 1 aromatic heterocycles. The van der Waals surface area contributed by atoms with Crippen LogP contribution in [0.5, 0.6) is 0 Å². The highest BCUT2D eigenvalue weighted by atomic mass is 35.5. The number of halogens is 1. The minimum absolute atomic E-state index is 0.330. The van der Waals surface area contributed by atoms with Gasteiger partial charge < -0.3 is 0 Å². The van der Waals surface area contributed by atoms with Crippen molar-refractivity contribution in [1.29, 1.82) is 0 Å². The van der Waals surface area contributed by atoms with Crippen molar-refractivity contribution in [3.05, 3.63) is 46.2 Å². The Morgan fingerprint density at radius 3 is 2.59 bits per heavy atom. The van der Waals surface area contributed by atoms with E-state index in [-0.39, 0.29) is 0 Å². The van der Waals surface area contributed by atoms with E-state index >= 15 is 0 Å². The van der Waals surface area contributed by atoms with Gasteiger partial charge >= 0.3 is 0 Å². The van der Waals surface area contributed by atoms with Crippen molar-refractivity contribution < 1.29 is 8.42 Å². The molecule has 1 heterocycles. The van der Waals surface area contributed by atoms with Gasteiger partial charge in [-0.15, -0.1) is 0 Å². The Kier molecular flexibility index (Phi) is 5.26. The Morgan fingerprint density at radius 2 is 2.00 bits per heavy atom. The highest BCUT2D eigenvalue weighted by Gasteiger charge is 2.16. The van der Waals surface area contributed by atoms with E-state index in [0.717, 1.165) is 16.8 Å². The van der Waals surface area contributed by atoms with E-state index in [9.17, 15) is 8.42 Å². The summed E-state index contributed by atoms with van der Waals surface area (Å²) in [5, 5.41) is 4.76. The Labute approximate surface area is 136 Å². The average Bonchev–Trinajstić information content (AvgIpc) is 2.75. The first kappa shape index (κ1) is 17.0. The lowest BCUT2D eigenvalue weighted by atomic mass is 10.2. The van der Waals surface area contributed by atoms with Crippen LogP contribution in [0.15, 0.2) is 29.3 Å². The quantitative estimate of drug-likeness (QED) is 0.822. The molecule has 0 radical (unpaired) electrons. The molecule has 0 fully saturated rings. The second kappa shape index (κ2) is 6.81. The normalized spacial score (nSPS) is 11.8. The second-order valence-corrected chi connectivity index (χ2v) is 7.46. The van der Waals surface area contributed by atoms with Crippen LogP contribution in [-0.2, 0) is 16.6 Å². The summed E-state index contributed by atoms with van der Waals surface area (Å²) in [6, 6.07) is 5.31. The molecule has 0 bridgehead atoms. The summed E-state index contributed by atoms with van der Waals surface area (Å²) < 4.78 is 29.0. The zero-order valence-corrected chi connectivity index (χ0v) is 14.5. The summed E-state index contributed by atoms with van der Waals surface area (Å²) in [4.78, 5) is 0.330. The van der Waals surface area contributed by atoms with Crippen LogP contribution < -0.4 is 4.72 Å². The minimum atomic E-state index is -3.47. The Balaban J connectivity index is 1.94. The average molecular weight is 342 g/mol. The fourth-order valence-electron chi connectivity index (χ4n) is 2.26. The second-order valence-electron chi connectivity index (χ2n) is 5.32. The fourth-order valence-corrected chi connectivity index (χ4v) is 3.70. The van der Waals surface area contributed by atoms with E-state index < -0.39 is 10.0 Å². The summed E-state index contributed by atoms with van der Waals surface area (Å²) in [6.45, 7) is 6.60. The van der Waals surface area contributed by atoms with Crippen LogP contribution in [0.25, 0.3) is 0 Å². The standard InChI is InChI=1S/C15H20ClN3O2S/c1-11-5-6-15(12(2)9-11)22(20,21)18-7-4-8-19-13(3)14(16)10-17-19/h5-6,9-10,18H,4,7-8H2,1-3H3. The smallest absolute Gasteiger partial charge is 0.240 e. The molecule has 0 spiro atoms. The van der Waals surface area contributed by atoms with E-state index in [1.54, 1.807) is 29.9 Å². The zero-order chi connectivity index (χ0) is 16.3. The highest BCUT2D eigenvalue weighted by molar-refractivity contribution is 7.89. The minimum Gasteiger partial charge on any atom is -0.268 e. The lowest BCUT2D eigenvalue weighted by Crippen LogP contribution is -2.26. The maximum absolute atomic E-state index is 12.3. The van der Waals surface area contributed by atoms with Crippen LogP contribution in [0.3, 0.4) is 0 Å². The van der Waals surface area contributed by atoms with Crippen LogP contribution in [0.1, 0.15) is 23.2 Å². The van der Waals surface area contributed by atoms with Gasteiger partial charge in [-0.1, -0.05) is 29.3 Å². The van der Waals surface area contributed by atoms with E-state index in [1.807, 2.05) is 19.9 Å². The van der Waals surface area contributed by atoms with Crippen molar-refractivity contribution >= 4 is 21.6 Å². The van der Waals surface area contributed by atoms with Crippen LogP contribution in [0.2, 0.25) is 5.02 Å². The van der Waals surface area contributed by atoms with Crippen LogP contribution >= 0.6 is 11.6 Å². The summed E-state index contributed by atoms with van der Waals surface area (Å²) in [5.41, 5.74) is 2.68. The predicted octanol–water partition coefficient (Wildman–Crippen LogP) is 2.83. The van der Waals surface area contributed by atoms with Crippen molar-refractivity contribution in [3.8, 4) is 0 Å². The van der Waals surface area contributed by atoms with Crippen molar-refractivity contribution in [2.45, 2.75) is 38.6 Å². The van der Waals surface area contributed by atoms with Gasteiger partial charge in [0.05, 0.1) is 21.8 Å². The number of nitrogens with one attached hydrogen (secondary N) is 1. The Hall–Kier alpha value is -1.37. The number of sulfonamides is 1. The van der Waals surface area contributed by atoms with Gasteiger partial charge in [-0.05, 0) is 38.8 Å². The molecule has 22 heavy (non-hydrogen) atoms. The van der Waals surface area contributed by atoms with Crippen LogP contribution in [-0.4, -0.2) is 24.7 Å². The fraction of sp³-hybridized carbons (Fsp3) is 0.400. The largest absolute Gasteiger partial charge is 0.268 e. The molecule has 0 saturated carbocycles. The number of rotatable bonds is 6. The van der Waals surface area contributed by atoms with Crippen molar-refractivity contribution in [2.75, 3.05) is 6.54 Å². The van der Waals surface area contributed by atoms with Gasteiger partial charge in [0.1, 0.15) is 0 Å². The Bertz CT molecular complexity index is 769.